The van der Waals surface area contributed by atoms with Gasteiger partial charge in [-0.15, -0.1) is 0 Å². The minimum Gasteiger partial charge on any atom is -0.376 e. The molecule has 1 aliphatic rings. The molecule has 7 heteroatoms. The van der Waals surface area contributed by atoms with Crippen molar-refractivity contribution >= 4 is 23.1 Å². The Morgan fingerprint density at radius 1 is 1.61 bits per heavy atom. The summed E-state index contributed by atoms with van der Waals surface area (Å²) in [4.78, 5) is 14.3. The minimum atomic E-state index is -0.480. The summed E-state index contributed by atoms with van der Waals surface area (Å²) in [6, 6.07) is 2.75. The molecule has 0 bridgehead atoms. The Hall–Kier alpha value is -1.40. The number of nitro groups is 1. The van der Waals surface area contributed by atoms with Crippen molar-refractivity contribution in [1.29, 1.82) is 0 Å². The largest absolute Gasteiger partial charge is 0.376 e. The van der Waals surface area contributed by atoms with Crippen molar-refractivity contribution in [2.45, 2.75) is 24.9 Å². The van der Waals surface area contributed by atoms with Gasteiger partial charge in [0.25, 0.3) is 0 Å². The predicted octanol–water partition coefficient (Wildman–Crippen LogP) is 2.62. The lowest BCUT2D eigenvalue weighted by Gasteiger charge is -2.40. The third-order valence-electron chi connectivity index (χ3n) is 3.31. The molecular formula is C11H14ClN3O3. The second-order valence-corrected chi connectivity index (χ2v) is 4.74. The monoisotopic (exact) mass is 271 g/mol. The van der Waals surface area contributed by atoms with Gasteiger partial charge in [-0.05, 0) is 25.3 Å². The van der Waals surface area contributed by atoms with Crippen molar-refractivity contribution in [2.24, 2.45) is 0 Å². The third kappa shape index (κ3) is 2.54. The van der Waals surface area contributed by atoms with Crippen LogP contribution >= 0.6 is 11.6 Å². The maximum atomic E-state index is 10.9. The lowest BCUT2D eigenvalue weighted by atomic mass is 9.80. The predicted molar refractivity (Wildman–Crippen MR) is 68.0 cm³/mol. The van der Waals surface area contributed by atoms with Crippen LogP contribution in [-0.2, 0) is 4.74 Å². The summed E-state index contributed by atoms with van der Waals surface area (Å²) in [5.41, 5.74) is -0.303. The number of hydrogen-bond donors (Lipinski definition) is 1. The SMILES string of the molecule is COC1(CNc2nc(Cl)ccc2[N+](=O)[O-])CCC1. The first-order valence-electron chi connectivity index (χ1n) is 5.66. The number of nitrogens with zero attached hydrogens (tertiary/aromatic N) is 2. The highest BCUT2D eigenvalue weighted by Gasteiger charge is 2.37. The van der Waals surface area contributed by atoms with Gasteiger partial charge in [0.1, 0.15) is 5.15 Å². The number of anilines is 1. The molecule has 0 radical (unpaired) electrons. The highest BCUT2D eigenvalue weighted by atomic mass is 35.5. The summed E-state index contributed by atoms with van der Waals surface area (Å²) in [7, 11) is 1.65. The molecule has 0 spiro atoms. The molecule has 0 aliphatic heterocycles. The van der Waals surface area contributed by atoms with Crippen LogP contribution in [0.5, 0.6) is 0 Å². The third-order valence-corrected chi connectivity index (χ3v) is 3.52. The van der Waals surface area contributed by atoms with Crippen molar-refractivity contribution in [3.63, 3.8) is 0 Å². The molecule has 1 aromatic heterocycles. The zero-order valence-corrected chi connectivity index (χ0v) is 10.7. The number of pyridine rings is 1. The van der Waals surface area contributed by atoms with E-state index in [1.165, 1.54) is 12.1 Å². The smallest absolute Gasteiger partial charge is 0.311 e. The molecular weight excluding hydrogens is 258 g/mol. The first kappa shape index (κ1) is 13.0. The molecule has 0 aromatic carbocycles. The van der Waals surface area contributed by atoms with Crippen LogP contribution in [0.25, 0.3) is 0 Å². The molecule has 0 saturated heterocycles. The quantitative estimate of drug-likeness (QED) is 0.506. The molecule has 98 valence electrons. The average Bonchev–Trinajstić information content (AvgIpc) is 2.28. The van der Waals surface area contributed by atoms with E-state index in [-0.39, 0.29) is 22.3 Å². The Balaban J connectivity index is 2.12. The number of ether oxygens (including phenoxy) is 1. The molecule has 2 rings (SSSR count). The zero-order valence-electron chi connectivity index (χ0n) is 9.98. The lowest BCUT2D eigenvalue weighted by Crippen LogP contribution is -2.45. The van der Waals surface area contributed by atoms with Crippen molar-refractivity contribution in [2.75, 3.05) is 19.0 Å². The van der Waals surface area contributed by atoms with Crippen molar-refractivity contribution < 1.29 is 9.66 Å². The highest BCUT2D eigenvalue weighted by Crippen LogP contribution is 2.35. The van der Waals surface area contributed by atoms with Crippen LogP contribution in [0.3, 0.4) is 0 Å². The van der Waals surface area contributed by atoms with Crippen molar-refractivity contribution in [1.82, 2.24) is 4.98 Å². The van der Waals surface area contributed by atoms with E-state index >= 15 is 0 Å². The standard InChI is InChI=1S/C11H14ClN3O3/c1-18-11(5-2-6-11)7-13-10-8(15(16)17)3-4-9(12)14-10/h3-4H,2,5-7H2,1H3,(H,13,14). The topological polar surface area (TPSA) is 77.3 Å². The number of methoxy groups -OCH3 is 1. The zero-order chi connectivity index (χ0) is 13.2. The van der Waals surface area contributed by atoms with E-state index in [2.05, 4.69) is 10.3 Å². The molecule has 6 nitrogen and oxygen atoms in total. The van der Waals surface area contributed by atoms with Gasteiger partial charge in [0.2, 0.25) is 5.82 Å². The second-order valence-electron chi connectivity index (χ2n) is 4.35. The van der Waals surface area contributed by atoms with Gasteiger partial charge < -0.3 is 10.1 Å². The number of hydrogen-bond acceptors (Lipinski definition) is 5. The fraction of sp³-hybridized carbons (Fsp3) is 0.545. The van der Waals surface area contributed by atoms with Crippen molar-refractivity contribution in [3.8, 4) is 0 Å². The summed E-state index contributed by atoms with van der Waals surface area (Å²) >= 11 is 5.75. The highest BCUT2D eigenvalue weighted by molar-refractivity contribution is 6.29. The van der Waals surface area contributed by atoms with Crippen molar-refractivity contribution in [3.05, 3.63) is 27.4 Å². The summed E-state index contributed by atoms with van der Waals surface area (Å²) in [6.45, 7) is 0.498. The number of aromatic nitrogens is 1. The maximum absolute atomic E-state index is 10.9. The molecule has 1 aromatic rings. The molecule has 18 heavy (non-hydrogen) atoms. The van der Waals surface area contributed by atoms with E-state index in [1.807, 2.05) is 0 Å². The van der Waals surface area contributed by atoms with Crippen LogP contribution in [0.4, 0.5) is 11.5 Å². The van der Waals surface area contributed by atoms with Gasteiger partial charge in [-0.2, -0.15) is 0 Å². The molecule has 1 heterocycles. The van der Waals surface area contributed by atoms with Gasteiger partial charge in [-0.25, -0.2) is 4.98 Å². The Morgan fingerprint density at radius 3 is 2.83 bits per heavy atom. The number of nitrogens with one attached hydrogen (secondary N) is 1. The van der Waals surface area contributed by atoms with Crippen LogP contribution in [0.1, 0.15) is 19.3 Å². The van der Waals surface area contributed by atoms with Gasteiger partial charge >= 0.3 is 5.69 Å². The molecule has 0 unspecified atom stereocenters. The fourth-order valence-corrected chi connectivity index (χ4v) is 2.12. The normalized spacial score (nSPS) is 17.0. The Labute approximate surface area is 109 Å². The number of halogens is 1. The fourth-order valence-electron chi connectivity index (χ4n) is 1.97. The van der Waals surface area contributed by atoms with E-state index in [1.54, 1.807) is 7.11 Å². The molecule has 1 fully saturated rings. The number of rotatable bonds is 5. The van der Waals surface area contributed by atoms with Crippen LogP contribution < -0.4 is 5.32 Å². The Bertz CT molecular complexity index is 457. The van der Waals surface area contributed by atoms with E-state index in [4.69, 9.17) is 16.3 Å². The van der Waals surface area contributed by atoms with Gasteiger partial charge in [-0.3, -0.25) is 10.1 Å². The Morgan fingerprint density at radius 2 is 2.33 bits per heavy atom. The molecule has 0 amide bonds. The summed E-state index contributed by atoms with van der Waals surface area (Å²) < 4.78 is 5.43. The van der Waals surface area contributed by atoms with Gasteiger partial charge in [0.05, 0.1) is 10.5 Å². The van der Waals surface area contributed by atoms with E-state index in [0.29, 0.717) is 6.54 Å². The van der Waals surface area contributed by atoms with Crippen LogP contribution in [0.15, 0.2) is 12.1 Å². The first-order valence-corrected chi connectivity index (χ1v) is 6.04. The molecule has 1 saturated carbocycles. The van der Waals surface area contributed by atoms with E-state index in [9.17, 15) is 10.1 Å². The Kier molecular flexibility index (Phi) is 3.68. The summed E-state index contributed by atoms with van der Waals surface area (Å²) in [5.74, 6) is 0.191. The molecule has 1 aliphatic carbocycles. The van der Waals surface area contributed by atoms with Crippen LogP contribution in [0.2, 0.25) is 5.15 Å². The van der Waals surface area contributed by atoms with Crippen LogP contribution in [-0.4, -0.2) is 29.2 Å². The first-order chi connectivity index (χ1) is 8.56. The lowest BCUT2D eigenvalue weighted by molar-refractivity contribution is -0.384. The minimum absolute atomic E-state index is 0.0787. The van der Waals surface area contributed by atoms with Gasteiger partial charge in [-0.1, -0.05) is 11.6 Å². The summed E-state index contributed by atoms with van der Waals surface area (Å²) in [6.07, 6.45) is 3.01. The molecule has 0 atom stereocenters. The molecule has 1 N–H and O–H groups in total. The van der Waals surface area contributed by atoms with Crippen LogP contribution in [0, 0.1) is 10.1 Å². The van der Waals surface area contributed by atoms with Gasteiger partial charge in [0.15, 0.2) is 0 Å². The average molecular weight is 272 g/mol. The maximum Gasteiger partial charge on any atom is 0.311 e. The second kappa shape index (κ2) is 5.07. The van der Waals surface area contributed by atoms with E-state index in [0.717, 1.165) is 19.3 Å². The summed E-state index contributed by atoms with van der Waals surface area (Å²) in [5, 5.41) is 14.1. The van der Waals surface area contributed by atoms with E-state index < -0.39 is 4.92 Å². The van der Waals surface area contributed by atoms with Gasteiger partial charge in [0, 0.05) is 19.7 Å².